The standard InChI is InChI=1S/C27H24ClF2NO3/c1-34-20-8-4-6-17(12-20)13-26(33)31-16-19(29)15-24(31)25(32)14-18-7-5-10-22(27(18)30)21-9-2-3-11-23(21)28/h2-12,19,24H,13-16H2,1H3/t19-,24+/m1/s1. The molecule has 1 saturated heterocycles. The minimum absolute atomic E-state index is 0.0179. The lowest BCUT2D eigenvalue weighted by Crippen LogP contribution is -2.42. The van der Waals surface area contributed by atoms with E-state index in [0.717, 1.165) is 0 Å². The van der Waals surface area contributed by atoms with Crippen molar-refractivity contribution in [2.24, 2.45) is 0 Å². The smallest absolute Gasteiger partial charge is 0.227 e. The van der Waals surface area contributed by atoms with E-state index in [1.807, 2.05) is 0 Å². The zero-order chi connectivity index (χ0) is 24.2. The molecule has 3 aromatic carbocycles. The number of likely N-dealkylation sites (tertiary alicyclic amines) is 1. The van der Waals surface area contributed by atoms with Crippen molar-refractivity contribution < 1.29 is 23.1 Å². The summed E-state index contributed by atoms with van der Waals surface area (Å²) in [6, 6.07) is 17.8. The van der Waals surface area contributed by atoms with Gasteiger partial charge in [-0.1, -0.05) is 60.1 Å². The van der Waals surface area contributed by atoms with Gasteiger partial charge in [-0.3, -0.25) is 9.59 Å². The molecule has 0 saturated carbocycles. The molecule has 1 heterocycles. The van der Waals surface area contributed by atoms with Crippen LogP contribution in [0.15, 0.2) is 66.7 Å². The fourth-order valence-electron chi connectivity index (χ4n) is 4.33. The first kappa shape index (κ1) is 23.9. The normalized spacial score (nSPS) is 17.6. The van der Waals surface area contributed by atoms with Gasteiger partial charge in [-0.25, -0.2) is 8.78 Å². The van der Waals surface area contributed by atoms with Gasteiger partial charge in [-0.05, 0) is 29.3 Å². The zero-order valence-corrected chi connectivity index (χ0v) is 19.4. The number of hydrogen-bond donors (Lipinski definition) is 0. The van der Waals surface area contributed by atoms with Gasteiger partial charge in [-0.15, -0.1) is 0 Å². The van der Waals surface area contributed by atoms with Gasteiger partial charge >= 0.3 is 0 Å². The molecule has 0 aliphatic carbocycles. The molecule has 0 unspecified atom stereocenters. The summed E-state index contributed by atoms with van der Waals surface area (Å²) >= 11 is 6.22. The Bertz CT molecular complexity index is 1220. The molecule has 0 spiro atoms. The summed E-state index contributed by atoms with van der Waals surface area (Å²) < 4.78 is 34.8. The van der Waals surface area contributed by atoms with Crippen LogP contribution >= 0.6 is 11.6 Å². The van der Waals surface area contributed by atoms with Gasteiger partial charge < -0.3 is 9.64 Å². The summed E-state index contributed by atoms with van der Waals surface area (Å²) in [5, 5.41) is 0.398. The van der Waals surface area contributed by atoms with Crippen LogP contribution in [-0.2, 0) is 22.4 Å². The fourth-order valence-corrected chi connectivity index (χ4v) is 4.57. The third-order valence-corrected chi connectivity index (χ3v) is 6.37. The Labute approximate surface area is 202 Å². The number of carbonyl (C=O) groups is 2. The lowest BCUT2D eigenvalue weighted by atomic mass is 9.96. The second-order valence-electron chi connectivity index (χ2n) is 8.32. The van der Waals surface area contributed by atoms with E-state index >= 15 is 4.39 Å². The van der Waals surface area contributed by atoms with Crippen LogP contribution in [0.4, 0.5) is 8.78 Å². The Balaban J connectivity index is 1.52. The van der Waals surface area contributed by atoms with Gasteiger partial charge in [0.15, 0.2) is 5.78 Å². The number of nitrogens with zero attached hydrogens (tertiary/aromatic N) is 1. The van der Waals surface area contributed by atoms with Crippen molar-refractivity contribution in [1.82, 2.24) is 4.90 Å². The molecule has 4 rings (SSSR count). The molecule has 1 fully saturated rings. The number of amides is 1. The fraction of sp³-hybridized carbons (Fsp3) is 0.259. The molecule has 34 heavy (non-hydrogen) atoms. The molecule has 3 aromatic rings. The van der Waals surface area contributed by atoms with Crippen molar-refractivity contribution in [3.8, 4) is 16.9 Å². The number of ketones is 1. The SMILES string of the molecule is COc1cccc(CC(=O)N2C[C@H](F)C[C@H]2C(=O)Cc2cccc(-c3ccccc3Cl)c2F)c1. The van der Waals surface area contributed by atoms with E-state index in [-0.39, 0.29) is 42.8 Å². The molecule has 4 nitrogen and oxygen atoms in total. The Hall–Kier alpha value is -3.25. The molecule has 0 N–H and O–H groups in total. The third kappa shape index (κ3) is 5.12. The predicted octanol–water partition coefficient (Wildman–Crippen LogP) is 5.45. The molecule has 0 aromatic heterocycles. The van der Waals surface area contributed by atoms with Gasteiger partial charge in [0, 0.05) is 29.0 Å². The highest BCUT2D eigenvalue weighted by Crippen LogP contribution is 2.32. The average molecular weight is 484 g/mol. The number of hydrogen-bond acceptors (Lipinski definition) is 3. The zero-order valence-electron chi connectivity index (χ0n) is 18.6. The highest BCUT2D eigenvalue weighted by atomic mass is 35.5. The van der Waals surface area contributed by atoms with Gasteiger partial charge in [0.05, 0.1) is 26.1 Å². The van der Waals surface area contributed by atoms with E-state index in [0.29, 0.717) is 21.9 Å². The lowest BCUT2D eigenvalue weighted by Gasteiger charge is -2.24. The van der Waals surface area contributed by atoms with E-state index in [2.05, 4.69) is 0 Å². The Morgan fingerprint density at radius 2 is 1.76 bits per heavy atom. The Kier molecular flexibility index (Phi) is 7.27. The van der Waals surface area contributed by atoms with E-state index < -0.39 is 23.8 Å². The first-order valence-electron chi connectivity index (χ1n) is 11.0. The summed E-state index contributed by atoms with van der Waals surface area (Å²) in [7, 11) is 1.53. The van der Waals surface area contributed by atoms with Crippen LogP contribution in [0.2, 0.25) is 5.02 Å². The molecule has 1 aliphatic rings. The predicted molar refractivity (Wildman–Crippen MR) is 127 cm³/mol. The number of methoxy groups -OCH3 is 1. The van der Waals surface area contributed by atoms with Crippen molar-refractivity contribution in [2.75, 3.05) is 13.7 Å². The van der Waals surface area contributed by atoms with Crippen LogP contribution < -0.4 is 4.74 Å². The Morgan fingerprint density at radius 1 is 1.03 bits per heavy atom. The van der Waals surface area contributed by atoms with Gasteiger partial charge in [0.25, 0.3) is 0 Å². The number of Topliss-reactive ketones (excluding diaryl/α,β-unsaturated/α-hetero) is 1. The van der Waals surface area contributed by atoms with Crippen molar-refractivity contribution in [2.45, 2.75) is 31.5 Å². The monoisotopic (exact) mass is 483 g/mol. The highest BCUT2D eigenvalue weighted by molar-refractivity contribution is 6.33. The van der Waals surface area contributed by atoms with Crippen molar-refractivity contribution >= 4 is 23.3 Å². The quantitative estimate of drug-likeness (QED) is 0.449. The maximum Gasteiger partial charge on any atom is 0.227 e. The first-order valence-corrected chi connectivity index (χ1v) is 11.4. The first-order chi connectivity index (χ1) is 16.4. The average Bonchev–Trinajstić information content (AvgIpc) is 3.23. The molecular weight excluding hydrogens is 460 g/mol. The summed E-state index contributed by atoms with van der Waals surface area (Å²) in [5.74, 6) is -0.684. The molecule has 1 aliphatic heterocycles. The van der Waals surface area contributed by atoms with Crippen LogP contribution in [0.25, 0.3) is 11.1 Å². The van der Waals surface area contributed by atoms with Crippen LogP contribution in [0.5, 0.6) is 5.75 Å². The van der Waals surface area contributed by atoms with Crippen LogP contribution in [-0.4, -0.2) is 42.5 Å². The van der Waals surface area contributed by atoms with E-state index in [1.54, 1.807) is 60.7 Å². The van der Waals surface area contributed by atoms with Crippen LogP contribution in [0.1, 0.15) is 17.5 Å². The van der Waals surface area contributed by atoms with Crippen LogP contribution in [0, 0.1) is 5.82 Å². The minimum atomic E-state index is -1.30. The summed E-state index contributed by atoms with van der Waals surface area (Å²) in [5.41, 5.74) is 1.70. The topological polar surface area (TPSA) is 46.6 Å². The molecule has 0 radical (unpaired) electrons. The van der Waals surface area contributed by atoms with E-state index in [4.69, 9.17) is 16.3 Å². The van der Waals surface area contributed by atoms with Crippen LogP contribution in [0.3, 0.4) is 0 Å². The highest BCUT2D eigenvalue weighted by Gasteiger charge is 2.39. The Morgan fingerprint density at radius 3 is 2.53 bits per heavy atom. The molecule has 7 heteroatoms. The number of ether oxygens (including phenoxy) is 1. The van der Waals surface area contributed by atoms with Crippen molar-refractivity contribution in [3.05, 3.63) is 88.7 Å². The van der Waals surface area contributed by atoms with E-state index in [1.165, 1.54) is 18.1 Å². The maximum atomic E-state index is 15.3. The molecule has 0 bridgehead atoms. The minimum Gasteiger partial charge on any atom is -0.497 e. The van der Waals surface area contributed by atoms with Crippen molar-refractivity contribution in [1.29, 1.82) is 0 Å². The third-order valence-electron chi connectivity index (χ3n) is 6.04. The molecule has 1 amide bonds. The number of rotatable bonds is 7. The van der Waals surface area contributed by atoms with Gasteiger partial charge in [0.2, 0.25) is 5.91 Å². The second kappa shape index (κ2) is 10.3. The number of benzene rings is 3. The summed E-state index contributed by atoms with van der Waals surface area (Å²) in [4.78, 5) is 27.3. The summed E-state index contributed by atoms with van der Waals surface area (Å²) in [6.45, 7) is -0.151. The summed E-state index contributed by atoms with van der Waals surface area (Å²) in [6.07, 6.45) is -1.62. The number of carbonyl (C=O) groups excluding carboxylic acids is 2. The number of alkyl halides is 1. The molecule has 176 valence electrons. The van der Waals surface area contributed by atoms with Gasteiger partial charge in [0.1, 0.15) is 17.7 Å². The molecular formula is C27H24ClF2NO3. The number of halogens is 3. The van der Waals surface area contributed by atoms with Crippen molar-refractivity contribution in [3.63, 3.8) is 0 Å². The second-order valence-corrected chi connectivity index (χ2v) is 8.73. The van der Waals surface area contributed by atoms with E-state index in [9.17, 15) is 14.0 Å². The van der Waals surface area contributed by atoms with Gasteiger partial charge in [-0.2, -0.15) is 0 Å². The molecule has 2 atom stereocenters. The maximum absolute atomic E-state index is 15.3. The largest absolute Gasteiger partial charge is 0.497 e. The lowest BCUT2D eigenvalue weighted by molar-refractivity contribution is -0.136.